The number of rotatable bonds is 4. The van der Waals surface area contributed by atoms with Crippen LogP contribution in [0, 0.1) is 5.82 Å². The van der Waals surface area contributed by atoms with Crippen LogP contribution < -0.4 is 4.74 Å². The summed E-state index contributed by atoms with van der Waals surface area (Å²) in [6, 6.07) is 15.5. The Morgan fingerprint density at radius 3 is 2.93 bits per heavy atom. The van der Waals surface area contributed by atoms with Crippen LogP contribution in [0.15, 0.2) is 65.5 Å². The van der Waals surface area contributed by atoms with Gasteiger partial charge in [-0.15, -0.1) is 0 Å². The maximum atomic E-state index is 14.0. The highest BCUT2D eigenvalue weighted by Gasteiger charge is 2.32. The fraction of sp³-hybridized carbons (Fsp3) is 0.217. The molecule has 4 aromatic rings. The number of hydrogen-bond acceptors (Lipinski definition) is 3. The Morgan fingerprint density at radius 1 is 1.21 bits per heavy atom. The SMILES string of the molecule is COc1cc([C@H]2c3[nH]c4ccccc4c3CCN2Cc2ccoc2)ccc1F. The fourth-order valence-electron chi connectivity index (χ4n) is 4.30. The summed E-state index contributed by atoms with van der Waals surface area (Å²) in [5, 5.41) is 1.26. The molecular formula is C23H21FN2O2. The van der Waals surface area contributed by atoms with Crippen LogP contribution >= 0.6 is 0 Å². The number of methoxy groups -OCH3 is 1. The number of aromatic nitrogens is 1. The van der Waals surface area contributed by atoms with Crippen molar-refractivity contribution < 1.29 is 13.5 Å². The number of para-hydroxylation sites is 1. The smallest absolute Gasteiger partial charge is 0.165 e. The molecule has 1 N–H and O–H groups in total. The molecule has 1 aliphatic heterocycles. The van der Waals surface area contributed by atoms with E-state index in [1.807, 2.05) is 24.3 Å². The molecule has 4 nitrogen and oxygen atoms in total. The van der Waals surface area contributed by atoms with E-state index in [1.165, 1.54) is 29.8 Å². The van der Waals surface area contributed by atoms with Crippen LogP contribution in [-0.4, -0.2) is 23.5 Å². The summed E-state index contributed by atoms with van der Waals surface area (Å²) >= 11 is 0. The highest BCUT2D eigenvalue weighted by molar-refractivity contribution is 5.85. The Hall–Kier alpha value is -3.05. The molecule has 0 fully saturated rings. The molecule has 142 valence electrons. The average Bonchev–Trinajstić information content (AvgIpc) is 3.36. The topological polar surface area (TPSA) is 41.4 Å². The van der Waals surface area contributed by atoms with Gasteiger partial charge in [-0.2, -0.15) is 0 Å². The van der Waals surface area contributed by atoms with Gasteiger partial charge in [0.15, 0.2) is 11.6 Å². The van der Waals surface area contributed by atoms with Crippen molar-refractivity contribution in [3.05, 3.63) is 89.3 Å². The molecule has 0 spiro atoms. The van der Waals surface area contributed by atoms with Crippen molar-refractivity contribution in [3.63, 3.8) is 0 Å². The van der Waals surface area contributed by atoms with E-state index >= 15 is 0 Å². The average molecular weight is 376 g/mol. The third-order valence-corrected chi connectivity index (χ3v) is 5.59. The number of halogens is 1. The first-order valence-electron chi connectivity index (χ1n) is 9.42. The van der Waals surface area contributed by atoms with Crippen LogP contribution in [0.4, 0.5) is 4.39 Å². The van der Waals surface area contributed by atoms with Gasteiger partial charge in [-0.3, -0.25) is 4.90 Å². The second-order valence-electron chi connectivity index (χ2n) is 7.21. The van der Waals surface area contributed by atoms with Gasteiger partial charge in [-0.25, -0.2) is 4.39 Å². The summed E-state index contributed by atoms with van der Waals surface area (Å²) in [5.41, 5.74) is 5.78. The minimum Gasteiger partial charge on any atom is -0.494 e. The zero-order valence-corrected chi connectivity index (χ0v) is 15.6. The molecule has 5 rings (SSSR count). The van der Waals surface area contributed by atoms with Crippen LogP contribution in [-0.2, 0) is 13.0 Å². The predicted octanol–water partition coefficient (Wildman–Crippen LogP) is 5.06. The summed E-state index contributed by atoms with van der Waals surface area (Å²) < 4.78 is 24.6. The number of nitrogens with one attached hydrogen (secondary N) is 1. The number of fused-ring (bicyclic) bond motifs is 3. The molecule has 5 heteroatoms. The van der Waals surface area contributed by atoms with Crippen molar-refractivity contribution in [2.45, 2.75) is 19.0 Å². The van der Waals surface area contributed by atoms with Gasteiger partial charge < -0.3 is 14.1 Å². The number of H-pyrrole nitrogens is 1. The summed E-state index contributed by atoms with van der Waals surface area (Å²) in [6.45, 7) is 1.67. The lowest BCUT2D eigenvalue weighted by Crippen LogP contribution is -2.35. The van der Waals surface area contributed by atoms with Gasteiger partial charge in [-0.1, -0.05) is 24.3 Å². The van der Waals surface area contributed by atoms with Gasteiger partial charge in [-0.05, 0) is 41.8 Å². The van der Waals surface area contributed by atoms with Gasteiger partial charge in [0, 0.05) is 35.2 Å². The van der Waals surface area contributed by atoms with Crippen molar-refractivity contribution in [3.8, 4) is 5.75 Å². The third kappa shape index (κ3) is 2.79. The zero-order chi connectivity index (χ0) is 19.1. The molecule has 0 amide bonds. The van der Waals surface area contributed by atoms with Crippen molar-refractivity contribution in [1.82, 2.24) is 9.88 Å². The Bertz CT molecular complexity index is 1120. The number of aromatic amines is 1. The molecule has 0 saturated heterocycles. The van der Waals surface area contributed by atoms with E-state index in [1.54, 1.807) is 12.5 Å². The Balaban J connectivity index is 1.65. The van der Waals surface area contributed by atoms with E-state index in [0.717, 1.165) is 36.2 Å². The normalized spacial score (nSPS) is 17.0. The van der Waals surface area contributed by atoms with Crippen LogP contribution in [0.3, 0.4) is 0 Å². The molecule has 0 aliphatic carbocycles. The zero-order valence-electron chi connectivity index (χ0n) is 15.6. The van der Waals surface area contributed by atoms with E-state index < -0.39 is 0 Å². The molecule has 1 atom stereocenters. The highest BCUT2D eigenvalue weighted by atomic mass is 19.1. The van der Waals surface area contributed by atoms with Gasteiger partial charge in [0.25, 0.3) is 0 Å². The van der Waals surface area contributed by atoms with E-state index in [-0.39, 0.29) is 17.6 Å². The first kappa shape index (κ1) is 17.1. The lowest BCUT2D eigenvalue weighted by molar-refractivity contribution is 0.201. The summed E-state index contributed by atoms with van der Waals surface area (Å²) in [6.07, 6.45) is 4.44. The number of furan rings is 1. The van der Waals surface area contributed by atoms with Crippen molar-refractivity contribution in [2.75, 3.05) is 13.7 Å². The summed E-state index contributed by atoms with van der Waals surface area (Å²) in [4.78, 5) is 6.02. The highest BCUT2D eigenvalue weighted by Crippen LogP contribution is 2.40. The fourth-order valence-corrected chi connectivity index (χ4v) is 4.30. The Morgan fingerprint density at radius 2 is 2.11 bits per heavy atom. The molecule has 0 radical (unpaired) electrons. The summed E-state index contributed by atoms with van der Waals surface area (Å²) in [7, 11) is 1.50. The van der Waals surface area contributed by atoms with Crippen molar-refractivity contribution >= 4 is 10.9 Å². The number of ether oxygens (including phenoxy) is 1. The number of benzene rings is 2. The van der Waals surface area contributed by atoms with E-state index in [2.05, 4.69) is 28.1 Å². The van der Waals surface area contributed by atoms with E-state index in [4.69, 9.17) is 9.15 Å². The van der Waals surface area contributed by atoms with Gasteiger partial charge >= 0.3 is 0 Å². The van der Waals surface area contributed by atoms with Crippen LogP contribution in [0.25, 0.3) is 10.9 Å². The van der Waals surface area contributed by atoms with Crippen molar-refractivity contribution in [2.24, 2.45) is 0 Å². The molecule has 28 heavy (non-hydrogen) atoms. The maximum absolute atomic E-state index is 14.0. The third-order valence-electron chi connectivity index (χ3n) is 5.59. The molecule has 0 unspecified atom stereocenters. The lowest BCUT2D eigenvalue weighted by Gasteiger charge is -2.36. The molecule has 2 aromatic carbocycles. The van der Waals surface area contributed by atoms with Crippen LogP contribution in [0.5, 0.6) is 5.75 Å². The minimum atomic E-state index is -0.347. The monoisotopic (exact) mass is 376 g/mol. The van der Waals surface area contributed by atoms with Crippen LogP contribution in [0.2, 0.25) is 0 Å². The van der Waals surface area contributed by atoms with E-state index in [0.29, 0.717) is 0 Å². The first-order chi connectivity index (χ1) is 13.7. The molecular weight excluding hydrogens is 355 g/mol. The first-order valence-corrected chi connectivity index (χ1v) is 9.42. The minimum absolute atomic E-state index is 0.0134. The van der Waals surface area contributed by atoms with Gasteiger partial charge in [0.2, 0.25) is 0 Å². The van der Waals surface area contributed by atoms with E-state index in [9.17, 15) is 4.39 Å². The second-order valence-corrected chi connectivity index (χ2v) is 7.21. The maximum Gasteiger partial charge on any atom is 0.165 e. The second kappa shape index (κ2) is 6.84. The standard InChI is InChI=1S/C23H21FN2O2/c1-27-21-12-16(6-7-19(21)24)23-22-18(17-4-2-3-5-20(17)25-22)8-10-26(23)13-15-9-11-28-14-15/h2-7,9,11-12,14,23,25H,8,10,13H2,1H3/t23-/m0/s1. The molecule has 2 aromatic heterocycles. The molecule has 1 aliphatic rings. The summed E-state index contributed by atoms with van der Waals surface area (Å²) in [5.74, 6) is -0.0793. The molecule has 0 bridgehead atoms. The predicted molar refractivity (Wildman–Crippen MR) is 106 cm³/mol. The Labute approximate surface area is 162 Å². The quantitative estimate of drug-likeness (QED) is 0.541. The largest absolute Gasteiger partial charge is 0.494 e. The lowest BCUT2D eigenvalue weighted by atomic mass is 9.92. The van der Waals surface area contributed by atoms with Gasteiger partial charge in [0.1, 0.15) is 0 Å². The van der Waals surface area contributed by atoms with Crippen molar-refractivity contribution in [1.29, 1.82) is 0 Å². The molecule has 3 heterocycles. The number of nitrogens with zero attached hydrogens (tertiary/aromatic N) is 1. The molecule has 0 saturated carbocycles. The van der Waals surface area contributed by atoms with Gasteiger partial charge in [0.05, 0.1) is 25.7 Å². The number of hydrogen-bond donors (Lipinski definition) is 1. The van der Waals surface area contributed by atoms with Crippen LogP contribution in [0.1, 0.15) is 28.4 Å². The Kier molecular flexibility index (Phi) is 4.17.